The molecule has 1 aliphatic carbocycles. The van der Waals surface area contributed by atoms with E-state index in [1.165, 1.54) is 44.9 Å². The van der Waals surface area contributed by atoms with E-state index in [-0.39, 0.29) is 5.92 Å². The number of likely N-dealkylation sites (tertiary alicyclic amines) is 1. The highest BCUT2D eigenvalue weighted by atomic mass is 16.4. The van der Waals surface area contributed by atoms with Crippen molar-refractivity contribution in [1.29, 1.82) is 0 Å². The molecule has 0 aromatic carbocycles. The molecule has 0 spiro atoms. The molecule has 18 heavy (non-hydrogen) atoms. The SMILES string of the molecule is CC1CN(CC2CCCCCCC2)CC1C(=O)O. The maximum atomic E-state index is 11.1. The Hall–Kier alpha value is -0.570. The summed E-state index contributed by atoms with van der Waals surface area (Å²) in [6.45, 7) is 4.96. The molecule has 2 atom stereocenters. The Bertz CT molecular complexity index is 272. The van der Waals surface area contributed by atoms with Crippen LogP contribution in [0.1, 0.15) is 51.9 Å². The minimum Gasteiger partial charge on any atom is -0.481 e. The van der Waals surface area contributed by atoms with Crippen molar-refractivity contribution < 1.29 is 9.90 Å². The molecule has 1 N–H and O–H groups in total. The molecule has 104 valence electrons. The maximum absolute atomic E-state index is 11.1. The number of nitrogens with zero attached hydrogens (tertiary/aromatic N) is 1. The summed E-state index contributed by atoms with van der Waals surface area (Å²) in [7, 11) is 0. The molecule has 1 saturated heterocycles. The van der Waals surface area contributed by atoms with Crippen LogP contribution in [0.2, 0.25) is 0 Å². The predicted molar refractivity (Wildman–Crippen MR) is 72.5 cm³/mol. The van der Waals surface area contributed by atoms with Crippen LogP contribution in [0.5, 0.6) is 0 Å². The molecule has 3 heteroatoms. The van der Waals surface area contributed by atoms with Gasteiger partial charge in [-0.25, -0.2) is 0 Å². The lowest BCUT2D eigenvalue weighted by Gasteiger charge is -2.25. The Balaban J connectivity index is 1.80. The first-order chi connectivity index (χ1) is 8.66. The van der Waals surface area contributed by atoms with Gasteiger partial charge >= 0.3 is 5.97 Å². The fourth-order valence-corrected chi connectivity index (χ4v) is 3.63. The van der Waals surface area contributed by atoms with E-state index in [1.54, 1.807) is 0 Å². The first-order valence-corrected chi connectivity index (χ1v) is 7.62. The van der Waals surface area contributed by atoms with Crippen LogP contribution in [-0.4, -0.2) is 35.6 Å². The summed E-state index contributed by atoms with van der Waals surface area (Å²) in [5, 5.41) is 9.16. The highest BCUT2D eigenvalue weighted by molar-refractivity contribution is 5.71. The van der Waals surface area contributed by atoms with Crippen LogP contribution in [0, 0.1) is 17.8 Å². The third-order valence-corrected chi connectivity index (χ3v) is 4.75. The summed E-state index contributed by atoms with van der Waals surface area (Å²) in [5.41, 5.74) is 0. The summed E-state index contributed by atoms with van der Waals surface area (Å²) < 4.78 is 0. The van der Waals surface area contributed by atoms with Crippen LogP contribution in [0.25, 0.3) is 0 Å². The molecule has 2 unspecified atom stereocenters. The number of hydrogen-bond donors (Lipinski definition) is 1. The monoisotopic (exact) mass is 253 g/mol. The van der Waals surface area contributed by atoms with Gasteiger partial charge in [-0.3, -0.25) is 4.79 Å². The molecule has 1 heterocycles. The molecule has 0 radical (unpaired) electrons. The quantitative estimate of drug-likeness (QED) is 0.840. The Morgan fingerprint density at radius 2 is 1.72 bits per heavy atom. The van der Waals surface area contributed by atoms with Gasteiger partial charge in [0.1, 0.15) is 0 Å². The van der Waals surface area contributed by atoms with Gasteiger partial charge in [0, 0.05) is 19.6 Å². The van der Waals surface area contributed by atoms with Gasteiger partial charge in [-0.2, -0.15) is 0 Å². The Morgan fingerprint density at radius 3 is 2.28 bits per heavy atom. The van der Waals surface area contributed by atoms with E-state index < -0.39 is 5.97 Å². The first-order valence-electron chi connectivity index (χ1n) is 7.62. The number of hydrogen-bond acceptors (Lipinski definition) is 2. The molecule has 0 amide bonds. The number of rotatable bonds is 3. The van der Waals surface area contributed by atoms with E-state index in [0.717, 1.165) is 25.6 Å². The molecule has 2 aliphatic rings. The zero-order valence-corrected chi connectivity index (χ0v) is 11.6. The van der Waals surface area contributed by atoms with Crippen molar-refractivity contribution in [2.45, 2.75) is 51.9 Å². The van der Waals surface area contributed by atoms with Crippen molar-refractivity contribution in [3.8, 4) is 0 Å². The molecule has 2 fully saturated rings. The predicted octanol–water partition coefficient (Wildman–Crippen LogP) is 3.00. The standard InChI is InChI=1S/C15H27NO2/c1-12-9-16(11-14(12)15(17)18)10-13-7-5-3-2-4-6-8-13/h12-14H,2-11H2,1H3,(H,17,18). The van der Waals surface area contributed by atoms with Crippen molar-refractivity contribution in [2.75, 3.05) is 19.6 Å². The van der Waals surface area contributed by atoms with Gasteiger partial charge < -0.3 is 10.0 Å². The van der Waals surface area contributed by atoms with E-state index in [2.05, 4.69) is 11.8 Å². The van der Waals surface area contributed by atoms with E-state index in [9.17, 15) is 4.79 Å². The molecule has 1 aliphatic heterocycles. The molecule has 1 saturated carbocycles. The second-order valence-electron chi connectivity index (χ2n) is 6.35. The summed E-state index contributed by atoms with van der Waals surface area (Å²) in [4.78, 5) is 13.5. The maximum Gasteiger partial charge on any atom is 0.308 e. The summed E-state index contributed by atoms with van der Waals surface area (Å²) in [5.74, 6) is 0.377. The number of aliphatic carboxylic acids is 1. The van der Waals surface area contributed by atoms with Crippen molar-refractivity contribution in [3.05, 3.63) is 0 Å². The minimum absolute atomic E-state index is 0.140. The lowest BCUT2D eigenvalue weighted by Crippen LogP contribution is -2.29. The zero-order chi connectivity index (χ0) is 13.0. The Labute approximate surface area is 111 Å². The third kappa shape index (κ3) is 3.71. The topological polar surface area (TPSA) is 40.5 Å². The fourth-order valence-electron chi connectivity index (χ4n) is 3.63. The molecule has 0 aromatic rings. The van der Waals surface area contributed by atoms with E-state index >= 15 is 0 Å². The highest BCUT2D eigenvalue weighted by Crippen LogP contribution is 2.28. The van der Waals surface area contributed by atoms with Crippen LogP contribution in [-0.2, 0) is 4.79 Å². The number of carboxylic acids is 1. The molecular weight excluding hydrogens is 226 g/mol. The molecule has 2 rings (SSSR count). The van der Waals surface area contributed by atoms with Crippen LogP contribution >= 0.6 is 0 Å². The molecule has 0 bridgehead atoms. The first kappa shape index (κ1) is 13.9. The third-order valence-electron chi connectivity index (χ3n) is 4.75. The fraction of sp³-hybridized carbons (Fsp3) is 0.933. The normalized spacial score (nSPS) is 32.1. The van der Waals surface area contributed by atoms with E-state index in [1.807, 2.05) is 0 Å². The molecule has 3 nitrogen and oxygen atoms in total. The van der Waals surface area contributed by atoms with E-state index in [4.69, 9.17) is 5.11 Å². The average Bonchev–Trinajstić information content (AvgIpc) is 2.63. The number of carbonyl (C=O) groups is 1. The van der Waals surface area contributed by atoms with Gasteiger partial charge in [0.2, 0.25) is 0 Å². The molecular formula is C15H27NO2. The van der Waals surface area contributed by atoms with Crippen LogP contribution in [0.3, 0.4) is 0 Å². The smallest absolute Gasteiger partial charge is 0.308 e. The largest absolute Gasteiger partial charge is 0.481 e. The van der Waals surface area contributed by atoms with Crippen LogP contribution in [0.15, 0.2) is 0 Å². The van der Waals surface area contributed by atoms with Gasteiger partial charge in [0.25, 0.3) is 0 Å². The van der Waals surface area contributed by atoms with Crippen LogP contribution < -0.4 is 0 Å². The minimum atomic E-state index is -0.609. The van der Waals surface area contributed by atoms with Gasteiger partial charge in [0.05, 0.1) is 5.92 Å². The number of carboxylic acid groups (broad SMARTS) is 1. The lowest BCUT2D eigenvalue weighted by molar-refractivity contribution is -0.142. The highest BCUT2D eigenvalue weighted by Gasteiger charge is 2.35. The zero-order valence-electron chi connectivity index (χ0n) is 11.6. The van der Waals surface area contributed by atoms with Gasteiger partial charge in [-0.05, 0) is 24.7 Å². The second-order valence-corrected chi connectivity index (χ2v) is 6.35. The van der Waals surface area contributed by atoms with Crippen molar-refractivity contribution in [2.24, 2.45) is 17.8 Å². The second kappa shape index (κ2) is 6.55. The average molecular weight is 253 g/mol. The van der Waals surface area contributed by atoms with Gasteiger partial charge in [-0.1, -0.05) is 39.0 Å². The molecule has 0 aromatic heterocycles. The Morgan fingerprint density at radius 1 is 1.11 bits per heavy atom. The van der Waals surface area contributed by atoms with Gasteiger partial charge in [0.15, 0.2) is 0 Å². The van der Waals surface area contributed by atoms with Gasteiger partial charge in [-0.15, -0.1) is 0 Å². The summed E-state index contributed by atoms with van der Waals surface area (Å²) >= 11 is 0. The van der Waals surface area contributed by atoms with Crippen LogP contribution in [0.4, 0.5) is 0 Å². The summed E-state index contributed by atoms with van der Waals surface area (Å²) in [6.07, 6.45) is 9.64. The van der Waals surface area contributed by atoms with E-state index in [0.29, 0.717) is 5.92 Å². The lowest BCUT2D eigenvalue weighted by atomic mass is 9.91. The van der Waals surface area contributed by atoms with Crippen molar-refractivity contribution in [1.82, 2.24) is 4.90 Å². The van der Waals surface area contributed by atoms with Crippen molar-refractivity contribution >= 4 is 5.97 Å². The Kier molecular flexibility index (Phi) is 5.04. The summed E-state index contributed by atoms with van der Waals surface area (Å²) in [6, 6.07) is 0. The van der Waals surface area contributed by atoms with Crippen molar-refractivity contribution in [3.63, 3.8) is 0 Å².